The zero-order valence-electron chi connectivity index (χ0n) is 19.9. The van der Waals surface area contributed by atoms with E-state index in [1.807, 2.05) is 46.7 Å². The molecule has 3 aromatic rings. The number of allylic oxidation sites excluding steroid dienone is 1. The van der Waals surface area contributed by atoms with Crippen molar-refractivity contribution in [1.82, 2.24) is 19.7 Å². The van der Waals surface area contributed by atoms with Crippen molar-refractivity contribution in [2.45, 2.75) is 43.1 Å². The quantitative estimate of drug-likeness (QED) is 0.318. The van der Waals surface area contributed by atoms with Crippen molar-refractivity contribution in [1.29, 1.82) is 0 Å². The Hall–Kier alpha value is -3.06. The normalized spacial score (nSPS) is 15.2. The van der Waals surface area contributed by atoms with Crippen molar-refractivity contribution in [3.8, 4) is 17.1 Å². The molecule has 2 heterocycles. The molecule has 34 heavy (non-hydrogen) atoms. The predicted molar refractivity (Wildman–Crippen MR) is 137 cm³/mol. The summed E-state index contributed by atoms with van der Waals surface area (Å²) in [4.78, 5) is 15.2. The molecule has 7 heteroatoms. The number of thioether (sulfide) groups is 1. The monoisotopic (exact) mass is 476 g/mol. The van der Waals surface area contributed by atoms with Crippen LogP contribution in [0.5, 0.6) is 5.75 Å². The highest BCUT2D eigenvalue weighted by molar-refractivity contribution is 8.00. The van der Waals surface area contributed by atoms with Crippen molar-refractivity contribution < 1.29 is 9.53 Å². The third-order valence-electron chi connectivity index (χ3n) is 6.30. The first-order valence-corrected chi connectivity index (χ1v) is 12.7. The molecule has 0 bridgehead atoms. The number of carbonyl (C=O) groups excluding carboxylic acids is 1. The Morgan fingerprint density at radius 2 is 1.85 bits per heavy atom. The van der Waals surface area contributed by atoms with Gasteiger partial charge in [0.1, 0.15) is 5.75 Å². The minimum absolute atomic E-state index is 0.162. The summed E-state index contributed by atoms with van der Waals surface area (Å²) in [6, 6.07) is 18.4. The molecule has 0 N–H and O–H groups in total. The summed E-state index contributed by atoms with van der Waals surface area (Å²) < 4.78 is 7.50. The lowest BCUT2D eigenvalue weighted by molar-refractivity contribution is -0.131. The van der Waals surface area contributed by atoms with Gasteiger partial charge in [-0.3, -0.25) is 9.36 Å². The number of hydrogen-bond acceptors (Lipinski definition) is 5. The maximum Gasteiger partial charge on any atom is 0.235 e. The number of carbonyl (C=O) groups is 1. The van der Waals surface area contributed by atoms with Crippen LogP contribution < -0.4 is 4.74 Å². The highest BCUT2D eigenvalue weighted by Crippen LogP contribution is 2.33. The van der Waals surface area contributed by atoms with E-state index in [2.05, 4.69) is 47.1 Å². The number of ether oxygens (including phenoxy) is 1. The number of benzene rings is 2. The molecule has 0 saturated carbocycles. The summed E-state index contributed by atoms with van der Waals surface area (Å²) in [5.41, 5.74) is 2.24. The van der Waals surface area contributed by atoms with Crippen molar-refractivity contribution in [3.05, 3.63) is 72.8 Å². The molecule has 4 rings (SSSR count). The molecule has 1 aliphatic rings. The van der Waals surface area contributed by atoms with Gasteiger partial charge in [-0.1, -0.05) is 60.3 Å². The molecule has 6 nitrogen and oxygen atoms in total. The first-order chi connectivity index (χ1) is 16.6. The fraction of sp³-hybridized carbons (Fsp3) is 0.370. The van der Waals surface area contributed by atoms with Gasteiger partial charge in [0.25, 0.3) is 0 Å². The number of likely N-dealkylation sites (tertiary alicyclic amines) is 1. The van der Waals surface area contributed by atoms with E-state index in [1.54, 1.807) is 7.11 Å². The number of para-hydroxylation sites is 1. The summed E-state index contributed by atoms with van der Waals surface area (Å²) >= 11 is 1.45. The Kier molecular flexibility index (Phi) is 8.06. The first kappa shape index (κ1) is 24.1. The Morgan fingerprint density at radius 3 is 2.56 bits per heavy atom. The second-order valence-corrected chi connectivity index (χ2v) is 9.93. The molecule has 1 fully saturated rings. The zero-order chi connectivity index (χ0) is 23.9. The zero-order valence-corrected chi connectivity index (χ0v) is 20.7. The highest BCUT2D eigenvalue weighted by atomic mass is 32.2. The maximum atomic E-state index is 13.2. The minimum Gasteiger partial charge on any atom is -0.496 e. The molecule has 0 radical (unpaired) electrons. The van der Waals surface area contributed by atoms with Crippen LogP contribution in [-0.2, 0) is 17.8 Å². The number of methoxy groups -OCH3 is 1. The van der Waals surface area contributed by atoms with Crippen molar-refractivity contribution in [3.63, 3.8) is 0 Å². The Morgan fingerprint density at radius 1 is 1.15 bits per heavy atom. The van der Waals surface area contributed by atoms with Gasteiger partial charge >= 0.3 is 0 Å². The fourth-order valence-electron chi connectivity index (χ4n) is 4.47. The Balaban J connectivity index is 1.40. The van der Waals surface area contributed by atoms with E-state index >= 15 is 0 Å². The van der Waals surface area contributed by atoms with E-state index in [1.165, 1.54) is 17.3 Å². The van der Waals surface area contributed by atoms with E-state index < -0.39 is 0 Å². The van der Waals surface area contributed by atoms with Crippen LogP contribution in [0.2, 0.25) is 0 Å². The third kappa shape index (κ3) is 5.53. The number of amides is 1. The van der Waals surface area contributed by atoms with Gasteiger partial charge in [0.2, 0.25) is 5.91 Å². The van der Waals surface area contributed by atoms with Crippen LogP contribution in [0.3, 0.4) is 0 Å². The second kappa shape index (κ2) is 11.4. The van der Waals surface area contributed by atoms with Gasteiger partial charge in [-0.25, -0.2) is 0 Å². The molecule has 1 saturated heterocycles. The molecular weight excluding hydrogens is 444 g/mol. The molecule has 1 aliphatic heterocycles. The Labute approximate surface area is 206 Å². The van der Waals surface area contributed by atoms with Gasteiger partial charge in [-0.05, 0) is 49.8 Å². The predicted octanol–water partition coefficient (Wildman–Crippen LogP) is 5.10. The van der Waals surface area contributed by atoms with Crippen molar-refractivity contribution >= 4 is 17.7 Å². The number of aromatic nitrogens is 3. The molecule has 178 valence electrons. The van der Waals surface area contributed by atoms with E-state index in [0.717, 1.165) is 43.7 Å². The minimum atomic E-state index is -0.246. The van der Waals surface area contributed by atoms with Gasteiger partial charge in [0.15, 0.2) is 11.0 Å². The first-order valence-electron chi connectivity index (χ1n) is 11.8. The van der Waals surface area contributed by atoms with Crippen LogP contribution in [0, 0.1) is 5.92 Å². The lowest BCUT2D eigenvalue weighted by Crippen LogP contribution is -2.42. The van der Waals surface area contributed by atoms with Crippen LogP contribution in [0.4, 0.5) is 0 Å². The molecule has 0 aliphatic carbocycles. The molecule has 0 spiro atoms. The van der Waals surface area contributed by atoms with Gasteiger partial charge < -0.3 is 9.64 Å². The van der Waals surface area contributed by atoms with Gasteiger partial charge in [0.05, 0.1) is 17.9 Å². The maximum absolute atomic E-state index is 13.2. The molecule has 1 atom stereocenters. The van der Waals surface area contributed by atoms with E-state index in [-0.39, 0.29) is 11.2 Å². The SMILES string of the molecule is C=CCn1c(SC(C)C(=O)N2CCC(Cc3ccccc3)CC2)nnc1-c1ccccc1OC. The smallest absolute Gasteiger partial charge is 0.235 e. The van der Waals surface area contributed by atoms with Crippen LogP contribution >= 0.6 is 11.8 Å². The number of nitrogens with zero attached hydrogens (tertiary/aromatic N) is 4. The molecule has 1 aromatic heterocycles. The van der Waals surface area contributed by atoms with Crippen LogP contribution in [-0.4, -0.2) is 51.0 Å². The molecule has 1 unspecified atom stereocenters. The van der Waals surface area contributed by atoms with Crippen molar-refractivity contribution in [2.24, 2.45) is 5.92 Å². The molecular formula is C27H32N4O2S. The topological polar surface area (TPSA) is 60.2 Å². The summed E-state index contributed by atoms with van der Waals surface area (Å²) in [6.07, 6.45) is 4.99. The second-order valence-electron chi connectivity index (χ2n) is 8.62. The van der Waals surface area contributed by atoms with Gasteiger partial charge in [-0.2, -0.15) is 0 Å². The molecule has 1 amide bonds. The average Bonchev–Trinajstić information content (AvgIpc) is 3.26. The largest absolute Gasteiger partial charge is 0.496 e. The molecule has 2 aromatic carbocycles. The number of piperidine rings is 1. The highest BCUT2D eigenvalue weighted by Gasteiger charge is 2.28. The lowest BCUT2D eigenvalue weighted by atomic mass is 9.90. The Bertz CT molecular complexity index is 1110. The summed E-state index contributed by atoms with van der Waals surface area (Å²) in [5, 5.41) is 9.31. The summed E-state index contributed by atoms with van der Waals surface area (Å²) in [5.74, 6) is 2.24. The van der Waals surface area contributed by atoms with Crippen LogP contribution in [0.15, 0.2) is 72.4 Å². The summed E-state index contributed by atoms with van der Waals surface area (Å²) in [7, 11) is 1.65. The number of hydrogen-bond donors (Lipinski definition) is 0. The van der Waals surface area contributed by atoms with E-state index in [0.29, 0.717) is 23.4 Å². The van der Waals surface area contributed by atoms with Gasteiger partial charge in [-0.15, -0.1) is 16.8 Å². The fourth-order valence-corrected chi connectivity index (χ4v) is 5.41. The van der Waals surface area contributed by atoms with E-state index in [4.69, 9.17) is 4.74 Å². The standard InChI is InChI=1S/C27H32N4O2S/c1-4-16-31-25(23-12-8-9-13-24(23)33-3)28-29-27(31)34-20(2)26(32)30-17-14-22(15-18-30)19-21-10-6-5-7-11-21/h4-13,20,22H,1,14-19H2,2-3H3. The lowest BCUT2D eigenvalue weighted by Gasteiger charge is -2.33. The van der Waals surface area contributed by atoms with Crippen LogP contribution in [0.25, 0.3) is 11.4 Å². The van der Waals surface area contributed by atoms with Gasteiger partial charge in [0, 0.05) is 19.6 Å². The third-order valence-corrected chi connectivity index (χ3v) is 7.37. The van der Waals surface area contributed by atoms with Crippen LogP contribution in [0.1, 0.15) is 25.3 Å². The van der Waals surface area contributed by atoms with E-state index in [9.17, 15) is 4.79 Å². The summed E-state index contributed by atoms with van der Waals surface area (Å²) in [6.45, 7) is 8.02. The van der Waals surface area contributed by atoms with Crippen molar-refractivity contribution in [2.75, 3.05) is 20.2 Å². The number of rotatable bonds is 9. The average molecular weight is 477 g/mol.